The molecule has 2 unspecified atom stereocenters. The molecule has 1 N–H and O–H groups in total. The van der Waals surface area contributed by atoms with Crippen LogP contribution < -0.4 is 5.32 Å². The quantitative estimate of drug-likeness (QED) is 0.850. The molecule has 2 atom stereocenters. The van der Waals surface area contributed by atoms with Gasteiger partial charge in [-0.25, -0.2) is 0 Å². The number of hydrogen-bond donors (Lipinski definition) is 1. The Morgan fingerprint density at radius 3 is 3.19 bits per heavy atom. The highest BCUT2D eigenvalue weighted by molar-refractivity contribution is 9.10. The van der Waals surface area contributed by atoms with E-state index in [1.54, 1.807) is 6.07 Å². The first-order valence-corrected chi connectivity index (χ1v) is 6.31. The van der Waals surface area contributed by atoms with Crippen LogP contribution in [-0.4, -0.2) is 36.5 Å². The molecule has 1 amide bonds. The monoisotopic (exact) mass is 284 g/mol. The first kappa shape index (κ1) is 10.4. The third-order valence-electron chi connectivity index (χ3n) is 3.49. The molecule has 0 bridgehead atoms. The molecule has 2 aliphatic heterocycles. The van der Waals surface area contributed by atoms with E-state index in [0.717, 1.165) is 24.1 Å². The van der Waals surface area contributed by atoms with Crippen LogP contribution in [0.2, 0.25) is 0 Å². The molecule has 0 spiro atoms. The van der Waals surface area contributed by atoms with Crippen molar-refractivity contribution in [1.82, 2.24) is 10.2 Å². The smallest absolute Gasteiger partial charge is 0.291 e. The first-order valence-electron chi connectivity index (χ1n) is 5.52. The highest BCUT2D eigenvalue weighted by atomic mass is 79.9. The number of amides is 1. The first-order chi connectivity index (χ1) is 7.77. The molecular weight excluding hydrogens is 272 g/mol. The Hall–Kier alpha value is -0.810. The Morgan fingerprint density at radius 1 is 1.62 bits per heavy atom. The second-order valence-electron chi connectivity index (χ2n) is 4.38. The van der Waals surface area contributed by atoms with Gasteiger partial charge in [-0.1, -0.05) is 0 Å². The van der Waals surface area contributed by atoms with Crippen molar-refractivity contribution in [2.75, 3.05) is 19.6 Å². The van der Waals surface area contributed by atoms with Crippen molar-refractivity contribution in [3.63, 3.8) is 0 Å². The number of nitrogens with one attached hydrogen (secondary N) is 1. The number of nitrogens with zero attached hydrogens (tertiary/aromatic N) is 1. The summed E-state index contributed by atoms with van der Waals surface area (Å²) >= 11 is 3.32. The number of rotatable bonds is 1. The highest BCUT2D eigenvalue weighted by Gasteiger charge is 2.44. The minimum atomic E-state index is 0.00169. The second-order valence-corrected chi connectivity index (χ2v) is 5.23. The lowest BCUT2D eigenvalue weighted by Crippen LogP contribution is -2.65. The minimum absolute atomic E-state index is 0.00169. The van der Waals surface area contributed by atoms with E-state index in [4.69, 9.17) is 4.42 Å². The van der Waals surface area contributed by atoms with Crippen LogP contribution in [0.5, 0.6) is 0 Å². The zero-order valence-electron chi connectivity index (χ0n) is 8.78. The third kappa shape index (κ3) is 1.50. The van der Waals surface area contributed by atoms with Crippen LogP contribution >= 0.6 is 15.9 Å². The summed E-state index contributed by atoms with van der Waals surface area (Å²) in [5, 5.41) is 3.32. The van der Waals surface area contributed by atoms with Crippen molar-refractivity contribution in [2.45, 2.75) is 12.5 Å². The Labute approximate surface area is 102 Å². The summed E-state index contributed by atoms with van der Waals surface area (Å²) < 4.78 is 5.94. The van der Waals surface area contributed by atoms with E-state index in [0.29, 0.717) is 17.7 Å². The van der Waals surface area contributed by atoms with Gasteiger partial charge in [0.1, 0.15) is 0 Å². The van der Waals surface area contributed by atoms with Crippen LogP contribution in [0, 0.1) is 5.92 Å². The summed E-state index contributed by atoms with van der Waals surface area (Å²) in [5.74, 6) is 1.10. The number of hydrogen-bond acceptors (Lipinski definition) is 3. The fourth-order valence-corrected chi connectivity index (χ4v) is 2.91. The molecule has 5 heteroatoms. The number of furan rings is 1. The summed E-state index contributed by atoms with van der Waals surface area (Å²) in [6.45, 7) is 2.86. The molecule has 3 rings (SSSR count). The fraction of sp³-hybridized carbons (Fsp3) is 0.545. The van der Waals surface area contributed by atoms with Crippen LogP contribution in [0.3, 0.4) is 0 Å². The normalized spacial score (nSPS) is 28.4. The van der Waals surface area contributed by atoms with E-state index >= 15 is 0 Å². The van der Waals surface area contributed by atoms with Gasteiger partial charge in [-0.3, -0.25) is 4.79 Å². The summed E-state index contributed by atoms with van der Waals surface area (Å²) in [6.07, 6.45) is 2.71. The lowest BCUT2D eigenvalue weighted by atomic mass is 9.83. The van der Waals surface area contributed by atoms with E-state index < -0.39 is 0 Å². The van der Waals surface area contributed by atoms with E-state index in [-0.39, 0.29) is 5.91 Å². The predicted molar refractivity (Wildman–Crippen MR) is 62.2 cm³/mol. The van der Waals surface area contributed by atoms with Crippen molar-refractivity contribution in [2.24, 2.45) is 5.92 Å². The molecular formula is C11H13BrN2O2. The molecule has 2 aliphatic rings. The Morgan fingerprint density at radius 2 is 2.50 bits per heavy atom. The van der Waals surface area contributed by atoms with Crippen LogP contribution in [0.4, 0.5) is 0 Å². The summed E-state index contributed by atoms with van der Waals surface area (Å²) in [7, 11) is 0. The number of piperidine rings is 1. The number of fused-ring (bicyclic) bond motifs is 1. The molecule has 3 heterocycles. The average molecular weight is 285 g/mol. The lowest BCUT2D eigenvalue weighted by Gasteiger charge is -2.50. The SMILES string of the molecule is O=C(c1occc1Br)N1CC2CCNCC21. The molecule has 0 aromatic carbocycles. The summed E-state index contributed by atoms with van der Waals surface area (Å²) in [6, 6.07) is 2.11. The van der Waals surface area contributed by atoms with Gasteiger partial charge in [0.2, 0.25) is 5.76 Å². The number of carbonyl (C=O) groups is 1. The van der Waals surface area contributed by atoms with E-state index in [2.05, 4.69) is 21.2 Å². The molecule has 0 aliphatic carbocycles. The molecule has 1 aromatic heterocycles. The molecule has 0 saturated carbocycles. The highest BCUT2D eigenvalue weighted by Crippen LogP contribution is 2.32. The fourth-order valence-electron chi connectivity index (χ4n) is 2.53. The minimum Gasteiger partial charge on any atom is -0.458 e. The van der Waals surface area contributed by atoms with Gasteiger partial charge in [0.15, 0.2) is 0 Å². The molecule has 2 saturated heterocycles. The van der Waals surface area contributed by atoms with E-state index in [1.807, 2.05) is 4.90 Å². The molecule has 0 radical (unpaired) electrons. The van der Waals surface area contributed by atoms with Gasteiger partial charge in [0.25, 0.3) is 5.91 Å². The van der Waals surface area contributed by atoms with Gasteiger partial charge in [-0.2, -0.15) is 0 Å². The second kappa shape index (κ2) is 3.89. The number of halogens is 1. The Kier molecular flexibility index (Phi) is 2.52. The summed E-state index contributed by atoms with van der Waals surface area (Å²) in [5.41, 5.74) is 0. The van der Waals surface area contributed by atoms with Crippen molar-refractivity contribution in [3.8, 4) is 0 Å². The number of carbonyl (C=O) groups excluding carboxylic acids is 1. The molecule has 86 valence electrons. The van der Waals surface area contributed by atoms with E-state index in [9.17, 15) is 4.79 Å². The maximum atomic E-state index is 12.1. The van der Waals surface area contributed by atoms with Crippen molar-refractivity contribution < 1.29 is 9.21 Å². The van der Waals surface area contributed by atoms with Gasteiger partial charge >= 0.3 is 0 Å². The van der Waals surface area contributed by atoms with Crippen LogP contribution in [-0.2, 0) is 0 Å². The maximum absolute atomic E-state index is 12.1. The van der Waals surface area contributed by atoms with Gasteiger partial charge in [0, 0.05) is 19.1 Å². The molecule has 4 nitrogen and oxygen atoms in total. The van der Waals surface area contributed by atoms with Crippen molar-refractivity contribution in [1.29, 1.82) is 0 Å². The average Bonchev–Trinajstić information content (AvgIpc) is 2.66. The van der Waals surface area contributed by atoms with Crippen LogP contribution in [0.1, 0.15) is 17.0 Å². The molecule has 16 heavy (non-hydrogen) atoms. The zero-order chi connectivity index (χ0) is 11.1. The Bertz CT molecular complexity index is 418. The van der Waals surface area contributed by atoms with Crippen molar-refractivity contribution >= 4 is 21.8 Å². The van der Waals surface area contributed by atoms with E-state index in [1.165, 1.54) is 12.7 Å². The number of likely N-dealkylation sites (tertiary alicyclic amines) is 1. The predicted octanol–water partition coefficient (Wildman–Crippen LogP) is 1.48. The van der Waals surface area contributed by atoms with Gasteiger partial charge in [-0.15, -0.1) is 0 Å². The molecule has 1 aromatic rings. The summed E-state index contributed by atoms with van der Waals surface area (Å²) in [4.78, 5) is 14.0. The molecule has 2 fully saturated rings. The standard InChI is InChI=1S/C11H13BrN2O2/c12-8-2-4-16-10(8)11(15)14-6-7-1-3-13-5-9(7)14/h2,4,7,9,13H,1,3,5-6H2. The van der Waals surface area contributed by atoms with Gasteiger partial charge < -0.3 is 14.6 Å². The lowest BCUT2D eigenvalue weighted by molar-refractivity contribution is 0.000335. The van der Waals surface area contributed by atoms with Gasteiger partial charge in [0.05, 0.1) is 10.7 Å². The van der Waals surface area contributed by atoms with Crippen molar-refractivity contribution in [3.05, 3.63) is 22.6 Å². The van der Waals surface area contributed by atoms with Crippen LogP contribution in [0.25, 0.3) is 0 Å². The topological polar surface area (TPSA) is 45.5 Å². The Balaban J connectivity index is 1.75. The maximum Gasteiger partial charge on any atom is 0.291 e. The van der Waals surface area contributed by atoms with Gasteiger partial charge in [-0.05, 0) is 40.9 Å². The zero-order valence-corrected chi connectivity index (χ0v) is 10.4. The largest absolute Gasteiger partial charge is 0.458 e. The third-order valence-corrected chi connectivity index (χ3v) is 4.12. The van der Waals surface area contributed by atoms with Crippen LogP contribution in [0.15, 0.2) is 21.2 Å².